The Morgan fingerprint density at radius 1 is 1.08 bits per heavy atom. The number of benzene rings is 2. The van der Waals surface area contributed by atoms with Crippen molar-refractivity contribution in [2.75, 3.05) is 32.8 Å². The maximum absolute atomic E-state index is 14.2. The number of hydrogen-bond donors (Lipinski definition) is 4. The number of rotatable bonds is 14. The zero-order valence-electron chi connectivity index (χ0n) is 33.7. The molecule has 308 valence electrons. The minimum absolute atomic E-state index is 0.0753. The number of amides is 2. The summed E-state index contributed by atoms with van der Waals surface area (Å²) in [6.07, 6.45) is 2.65. The van der Waals surface area contributed by atoms with E-state index in [2.05, 4.69) is 35.5 Å². The van der Waals surface area contributed by atoms with Crippen molar-refractivity contribution in [3.63, 3.8) is 0 Å². The minimum atomic E-state index is -0.727. The molecule has 0 radical (unpaired) electrons. The lowest BCUT2D eigenvalue weighted by atomic mass is 9.91. The molecule has 0 bridgehead atoms. The van der Waals surface area contributed by atoms with E-state index in [1.807, 2.05) is 81.9 Å². The van der Waals surface area contributed by atoms with Crippen LogP contribution in [0.3, 0.4) is 0 Å². The Balaban J connectivity index is 0.844. The van der Waals surface area contributed by atoms with Gasteiger partial charge in [0.1, 0.15) is 18.3 Å². The molecule has 59 heavy (non-hydrogen) atoms. The van der Waals surface area contributed by atoms with Crippen molar-refractivity contribution < 1.29 is 29.1 Å². The third-order valence-electron chi connectivity index (χ3n) is 11.7. The lowest BCUT2D eigenvalue weighted by Gasteiger charge is -2.29. The van der Waals surface area contributed by atoms with Crippen LogP contribution in [-0.2, 0) is 9.59 Å². The number of aliphatic hydroxyl groups excluding tert-OH is 1. The van der Waals surface area contributed by atoms with Crippen molar-refractivity contribution in [2.24, 2.45) is 5.92 Å². The Morgan fingerprint density at radius 2 is 1.90 bits per heavy atom. The molecule has 0 aliphatic carbocycles. The molecule has 8 rings (SSSR count). The maximum atomic E-state index is 14.2. The molecule has 4 N–H and O–H groups in total. The second kappa shape index (κ2) is 17.3. The third-order valence-corrected chi connectivity index (χ3v) is 12.6. The van der Waals surface area contributed by atoms with Crippen LogP contribution in [-0.4, -0.2) is 102 Å². The van der Waals surface area contributed by atoms with Crippen LogP contribution in [0, 0.1) is 12.8 Å². The van der Waals surface area contributed by atoms with Crippen LogP contribution in [0.2, 0.25) is 0 Å². The highest BCUT2D eigenvalue weighted by atomic mass is 32.1. The van der Waals surface area contributed by atoms with Gasteiger partial charge in [0.05, 0.1) is 33.9 Å². The second-order valence-corrected chi connectivity index (χ2v) is 16.9. The summed E-state index contributed by atoms with van der Waals surface area (Å²) in [5.74, 6) is -0.0459. The molecule has 0 unspecified atom stereocenters. The third kappa shape index (κ3) is 8.73. The highest BCUT2D eigenvalue weighted by Gasteiger charge is 2.41. The fourth-order valence-electron chi connectivity index (χ4n) is 8.53. The first-order chi connectivity index (χ1) is 28.5. The number of nitrogens with zero attached hydrogens (tertiary/aromatic N) is 6. The summed E-state index contributed by atoms with van der Waals surface area (Å²) in [5.41, 5.74) is 8.04. The number of ether oxygens (including phenoxy) is 1. The predicted octanol–water partition coefficient (Wildman–Crippen LogP) is 6.59. The largest absolute Gasteiger partial charge is 0.507 e. The van der Waals surface area contributed by atoms with Gasteiger partial charge in [-0.3, -0.25) is 14.5 Å². The van der Waals surface area contributed by atoms with E-state index in [0.717, 1.165) is 46.6 Å². The molecule has 0 spiro atoms. The number of thiazole rings is 1. The molecule has 2 aliphatic rings. The van der Waals surface area contributed by atoms with Crippen molar-refractivity contribution in [1.29, 1.82) is 0 Å². The minimum Gasteiger partial charge on any atom is -0.507 e. The fourth-order valence-corrected chi connectivity index (χ4v) is 9.34. The SMILES string of the molecule is Cc1ncsc1-c1ccc([C@H](C)NC(=O)C[C@@H]2C[C@@H](O)CN2C(=O)[C@@H](c2cc(OCCN3CC[C@H](c4c[nH]c5nnc(-c6ccccc6O)cc45)C3)no2)C(C)C)cc1. The number of H-pyrrole nitrogens is 1. The number of nitrogens with one attached hydrogen (secondary N) is 2. The Morgan fingerprint density at radius 3 is 2.66 bits per heavy atom. The van der Waals surface area contributed by atoms with Gasteiger partial charge in [0.15, 0.2) is 11.4 Å². The van der Waals surface area contributed by atoms with Gasteiger partial charge in [-0.15, -0.1) is 21.5 Å². The normalized spacial score (nSPS) is 19.4. The van der Waals surface area contributed by atoms with Crippen LogP contribution < -0.4 is 10.1 Å². The molecule has 5 atom stereocenters. The van der Waals surface area contributed by atoms with Gasteiger partial charge in [0.2, 0.25) is 11.8 Å². The summed E-state index contributed by atoms with van der Waals surface area (Å²) in [7, 11) is 0. The van der Waals surface area contributed by atoms with Gasteiger partial charge in [0, 0.05) is 55.3 Å². The first kappa shape index (κ1) is 40.2. The van der Waals surface area contributed by atoms with Crippen molar-refractivity contribution in [3.05, 3.63) is 95.0 Å². The van der Waals surface area contributed by atoms with Crippen LogP contribution >= 0.6 is 11.3 Å². The number of phenolic OH excluding ortho intramolecular Hbond substituents is 1. The maximum Gasteiger partial charge on any atom is 0.254 e. The number of aromatic amines is 1. The Bertz CT molecular complexity index is 2410. The average Bonchev–Trinajstić information content (AvgIpc) is 4.07. The zero-order valence-corrected chi connectivity index (χ0v) is 34.5. The van der Waals surface area contributed by atoms with Gasteiger partial charge >= 0.3 is 0 Å². The lowest BCUT2D eigenvalue weighted by Crippen LogP contribution is -2.43. The van der Waals surface area contributed by atoms with Crippen LogP contribution in [0.1, 0.15) is 80.5 Å². The van der Waals surface area contributed by atoms with Crippen molar-refractivity contribution in [1.82, 2.24) is 40.4 Å². The van der Waals surface area contributed by atoms with E-state index < -0.39 is 18.1 Å². The van der Waals surface area contributed by atoms with E-state index >= 15 is 0 Å². The predicted molar refractivity (Wildman–Crippen MR) is 224 cm³/mol. The molecular weight excluding hydrogens is 769 g/mol. The molecule has 6 heterocycles. The van der Waals surface area contributed by atoms with Crippen molar-refractivity contribution in [2.45, 2.75) is 77.0 Å². The Hall–Kier alpha value is -5.64. The summed E-state index contributed by atoms with van der Waals surface area (Å²) in [6.45, 7) is 10.8. The Kier molecular flexibility index (Phi) is 11.8. The number of aromatic nitrogens is 5. The van der Waals surface area contributed by atoms with Crippen LogP contribution in [0.15, 0.2) is 76.9 Å². The fraction of sp³-hybridized carbons (Fsp3) is 0.409. The molecule has 2 aliphatic heterocycles. The van der Waals surface area contributed by atoms with Crippen LogP contribution in [0.5, 0.6) is 11.6 Å². The van der Waals surface area contributed by atoms with E-state index in [1.165, 1.54) is 5.56 Å². The van der Waals surface area contributed by atoms with E-state index in [0.29, 0.717) is 54.0 Å². The van der Waals surface area contributed by atoms with Crippen LogP contribution in [0.25, 0.3) is 32.7 Å². The second-order valence-electron chi connectivity index (χ2n) is 16.1. The number of phenols is 1. The first-order valence-electron chi connectivity index (χ1n) is 20.3. The number of hydrogen-bond acceptors (Lipinski definition) is 12. The number of likely N-dealkylation sites (tertiary alicyclic amines) is 2. The first-order valence-corrected chi connectivity index (χ1v) is 21.1. The summed E-state index contributed by atoms with van der Waals surface area (Å²) in [4.78, 5) is 40.2. The number of fused-ring (bicyclic) bond motifs is 1. The number of aromatic hydroxyl groups is 1. The summed E-state index contributed by atoms with van der Waals surface area (Å²) in [5, 5.41) is 38.0. The smallest absolute Gasteiger partial charge is 0.254 e. The van der Waals surface area contributed by atoms with E-state index in [-0.39, 0.29) is 42.5 Å². The number of aryl methyl sites for hydroxylation is 1. The monoisotopic (exact) mass is 818 g/mol. The average molecular weight is 819 g/mol. The molecule has 2 fully saturated rings. The van der Waals surface area contributed by atoms with Gasteiger partial charge in [-0.25, -0.2) is 4.98 Å². The van der Waals surface area contributed by atoms with Gasteiger partial charge in [-0.2, -0.15) is 0 Å². The molecule has 0 saturated carbocycles. The van der Waals surface area contributed by atoms with Crippen molar-refractivity contribution in [3.8, 4) is 33.3 Å². The molecule has 4 aromatic heterocycles. The summed E-state index contributed by atoms with van der Waals surface area (Å²) in [6, 6.07) is 18.2. The summed E-state index contributed by atoms with van der Waals surface area (Å²) < 4.78 is 11.8. The molecule has 2 saturated heterocycles. The van der Waals surface area contributed by atoms with Crippen LogP contribution in [0.4, 0.5) is 0 Å². The highest BCUT2D eigenvalue weighted by molar-refractivity contribution is 7.13. The number of para-hydroxylation sites is 1. The molecule has 6 aromatic rings. The van der Waals surface area contributed by atoms with Gasteiger partial charge < -0.3 is 34.7 Å². The number of carbonyl (C=O) groups is 2. The Labute approximate surface area is 346 Å². The molecule has 2 amide bonds. The zero-order chi connectivity index (χ0) is 41.2. The lowest BCUT2D eigenvalue weighted by molar-refractivity contribution is -0.136. The standard InChI is InChI=1S/C44H50N8O6S/c1-25(2)41(44(56)52-23-32(53)17-31(52)18-39(55)47-26(3)28-9-11-29(12-10-28)42-27(4)46-24-59-42)38-20-40(50-58-38)57-16-15-51-14-13-30(22-51)35-21-45-43-34(35)19-36(48-49-43)33-7-5-6-8-37(33)54/h5-12,19-21,24-26,30-32,41,53-54H,13-18,22-23H2,1-4H3,(H,45,49)(H,47,55)/t26-,30-,31-,32+,41+/m0/s1. The molecule has 15 heteroatoms. The molecule has 14 nitrogen and oxygen atoms in total. The molecule has 2 aromatic carbocycles. The molecular formula is C44H50N8O6S. The topological polar surface area (TPSA) is 183 Å². The number of aliphatic hydroxyl groups is 1. The number of β-amino-alcohol motifs (C(OH)–C–C–N with tert-alkyl or cyclic N) is 1. The van der Waals surface area contributed by atoms with Gasteiger partial charge in [0.25, 0.3) is 5.88 Å². The van der Waals surface area contributed by atoms with Crippen molar-refractivity contribution >= 4 is 34.2 Å². The van der Waals surface area contributed by atoms with E-state index in [4.69, 9.17) is 9.26 Å². The van der Waals surface area contributed by atoms with Gasteiger partial charge in [-0.05, 0) is 85.1 Å². The highest BCUT2D eigenvalue weighted by Crippen LogP contribution is 2.36. The quantitative estimate of drug-likeness (QED) is 0.0931. The van der Waals surface area contributed by atoms with E-state index in [9.17, 15) is 19.8 Å². The number of carbonyl (C=O) groups excluding carboxylic acids is 2. The van der Waals surface area contributed by atoms with E-state index in [1.54, 1.807) is 34.4 Å². The summed E-state index contributed by atoms with van der Waals surface area (Å²) >= 11 is 1.60. The van der Waals surface area contributed by atoms with Gasteiger partial charge in [-0.1, -0.05) is 50.2 Å².